The minimum absolute atomic E-state index is 0.0429. The molecule has 1 aromatic carbocycles. The molecule has 10 nitrogen and oxygen atoms in total. The molecule has 1 saturated heterocycles. The fraction of sp³-hybridized carbons (Fsp3) is 0.400. The van der Waals surface area contributed by atoms with E-state index in [1.54, 1.807) is 4.68 Å². The third-order valence-electron chi connectivity index (χ3n) is 6.93. The van der Waals surface area contributed by atoms with Gasteiger partial charge in [0, 0.05) is 25.4 Å². The normalized spacial score (nSPS) is 16.3. The van der Waals surface area contributed by atoms with Crippen LogP contribution in [-0.2, 0) is 11.3 Å². The number of aliphatic hydroxyl groups is 1. The molecule has 5 rings (SSSR count). The molecular weight excluding hydrogens is 503 g/mol. The summed E-state index contributed by atoms with van der Waals surface area (Å²) in [5, 5.41) is 19.1. The van der Waals surface area contributed by atoms with E-state index in [-0.39, 0.29) is 38.0 Å². The highest BCUT2D eigenvalue weighted by Crippen LogP contribution is 2.27. The molecule has 0 aliphatic carbocycles. The molecule has 4 aromatic rings. The van der Waals surface area contributed by atoms with E-state index in [0.717, 1.165) is 28.2 Å². The van der Waals surface area contributed by atoms with Gasteiger partial charge < -0.3 is 10.0 Å². The topological polar surface area (TPSA) is 111 Å². The number of hydrogen-bond donors (Lipinski definition) is 1. The van der Waals surface area contributed by atoms with E-state index >= 15 is 0 Å². The van der Waals surface area contributed by atoms with Gasteiger partial charge in [0.2, 0.25) is 11.9 Å². The van der Waals surface area contributed by atoms with E-state index < -0.39 is 36.3 Å². The first-order chi connectivity index (χ1) is 18.1. The van der Waals surface area contributed by atoms with Gasteiger partial charge in [-0.1, -0.05) is 17.7 Å². The molecule has 0 saturated carbocycles. The van der Waals surface area contributed by atoms with Crippen molar-refractivity contribution in [3.8, 4) is 5.69 Å². The van der Waals surface area contributed by atoms with Crippen molar-refractivity contribution in [1.29, 1.82) is 0 Å². The van der Waals surface area contributed by atoms with Crippen LogP contribution in [0.15, 0.2) is 53.8 Å². The predicted octanol–water partition coefficient (Wildman–Crippen LogP) is 2.48. The van der Waals surface area contributed by atoms with Crippen LogP contribution >= 0.6 is 0 Å². The Kier molecular flexibility index (Phi) is 6.78. The van der Waals surface area contributed by atoms with Gasteiger partial charge in [-0.25, -0.2) is 18.4 Å². The minimum Gasteiger partial charge on any atom is -0.388 e. The van der Waals surface area contributed by atoms with Crippen molar-refractivity contribution in [2.45, 2.75) is 50.8 Å². The van der Waals surface area contributed by atoms with Crippen molar-refractivity contribution in [3.63, 3.8) is 0 Å². The summed E-state index contributed by atoms with van der Waals surface area (Å²) in [7, 11) is 0. The summed E-state index contributed by atoms with van der Waals surface area (Å²) in [5.74, 6) is -1.45. The molecule has 38 heavy (non-hydrogen) atoms. The lowest BCUT2D eigenvalue weighted by molar-refractivity contribution is -0.138. The van der Waals surface area contributed by atoms with Crippen LogP contribution in [-0.4, -0.2) is 70.1 Å². The molecule has 1 atom stereocenters. The number of nitrogens with zero attached hydrogens (tertiary/aromatic N) is 7. The molecule has 13 heteroatoms. The minimum atomic E-state index is -2.91. The number of rotatable bonds is 7. The number of halogens is 3. The number of likely N-dealkylation sites (tertiary alicyclic amines) is 1. The van der Waals surface area contributed by atoms with Crippen molar-refractivity contribution in [3.05, 3.63) is 70.9 Å². The van der Waals surface area contributed by atoms with Crippen LogP contribution < -0.4 is 5.56 Å². The molecule has 3 aromatic heterocycles. The number of hydrogen-bond acceptors (Lipinski definition) is 6. The Bertz CT molecular complexity index is 1500. The maximum Gasteiger partial charge on any atom is 0.264 e. The number of amides is 1. The zero-order valence-electron chi connectivity index (χ0n) is 20.5. The van der Waals surface area contributed by atoms with Crippen LogP contribution in [0.4, 0.5) is 13.2 Å². The standard InChI is InChI=1S/C25H26F3N7O3/c1-16-2-4-17(5-3-16)35-23-18(13-30-35)24(37)33(15-29-23)14-25(38)7-10-32(11-8-25)21(36)12-19(22(27)28)34-9-6-20(26)31-34/h2-6,9,13,15,19,22,38H,7-8,10-12,14H2,1H3. The largest absolute Gasteiger partial charge is 0.388 e. The Morgan fingerprint density at radius 1 is 1.16 bits per heavy atom. The summed E-state index contributed by atoms with van der Waals surface area (Å²) < 4.78 is 43.9. The molecule has 0 bridgehead atoms. The van der Waals surface area contributed by atoms with Gasteiger partial charge in [0.15, 0.2) is 5.65 Å². The molecule has 1 aliphatic heterocycles. The molecule has 0 radical (unpaired) electrons. The van der Waals surface area contributed by atoms with Crippen LogP contribution in [0, 0.1) is 12.9 Å². The quantitative estimate of drug-likeness (QED) is 0.394. The Morgan fingerprint density at radius 2 is 1.87 bits per heavy atom. The van der Waals surface area contributed by atoms with Crippen LogP contribution in [0.1, 0.15) is 30.9 Å². The third-order valence-corrected chi connectivity index (χ3v) is 6.93. The van der Waals surface area contributed by atoms with Gasteiger partial charge in [-0.05, 0) is 31.9 Å². The second-order valence-corrected chi connectivity index (χ2v) is 9.64. The lowest BCUT2D eigenvalue weighted by Gasteiger charge is -2.38. The Balaban J connectivity index is 1.25. The second kappa shape index (κ2) is 10.0. The Hall–Kier alpha value is -4.00. The lowest BCUT2D eigenvalue weighted by Crippen LogP contribution is -2.50. The van der Waals surface area contributed by atoms with Crippen molar-refractivity contribution in [1.82, 2.24) is 34.0 Å². The number of carbonyl (C=O) groups is 1. The van der Waals surface area contributed by atoms with Crippen molar-refractivity contribution in [2.75, 3.05) is 13.1 Å². The highest BCUT2D eigenvalue weighted by Gasteiger charge is 2.36. The summed E-state index contributed by atoms with van der Waals surface area (Å²) in [6.45, 7) is 2.17. The number of aryl methyl sites for hydroxylation is 1. The van der Waals surface area contributed by atoms with Gasteiger partial charge in [0.25, 0.3) is 12.0 Å². The van der Waals surface area contributed by atoms with Crippen LogP contribution in [0.2, 0.25) is 0 Å². The maximum absolute atomic E-state index is 13.5. The van der Waals surface area contributed by atoms with Crippen molar-refractivity contribution >= 4 is 16.9 Å². The SMILES string of the molecule is Cc1ccc(-n2ncc3c(=O)n(CC4(O)CCN(C(=O)CC(C(F)F)n5ccc(F)n5)CC4)cnc32)cc1. The average molecular weight is 530 g/mol. The number of fused-ring (bicyclic) bond motifs is 1. The van der Waals surface area contributed by atoms with Gasteiger partial charge in [0.05, 0.1) is 30.5 Å². The summed E-state index contributed by atoms with van der Waals surface area (Å²) in [6, 6.07) is 6.98. The third kappa shape index (κ3) is 5.05. The molecule has 4 heterocycles. The first kappa shape index (κ1) is 25.6. The van der Waals surface area contributed by atoms with Gasteiger partial charge >= 0.3 is 0 Å². The summed E-state index contributed by atoms with van der Waals surface area (Å²) in [4.78, 5) is 31.6. The number of piperidine rings is 1. The molecular formula is C25H26F3N7O3. The van der Waals surface area contributed by atoms with Gasteiger partial charge in [-0.3, -0.25) is 18.8 Å². The van der Waals surface area contributed by atoms with Crippen LogP contribution in [0.5, 0.6) is 0 Å². The highest BCUT2D eigenvalue weighted by atomic mass is 19.3. The second-order valence-electron chi connectivity index (χ2n) is 9.64. The molecule has 0 spiro atoms. The highest BCUT2D eigenvalue weighted by molar-refractivity contribution is 5.77. The van der Waals surface area contributed by atoms with E-state index in [1.807, 2.05) is 31.2 Å². The average Bonchev–Trinajstić information content (AvgIpc) is 3.51. The Labute approximate surface area is 214 Å². The maximum atomic E-state index is 13.5. The molecule has 1 amide bonds. The number of alkyl halides is 2. The molecule has 1 unspecified atom stereocenters. The van der Waals surface area contributed by atoms with Crippen molar-refractivity contribution < 1.29 is 23.1 Å². The summed E-state index contributed by atoms with van der Waals surface area (Å²) in [5.41, 5.74) is 0.594. The summed E-state index contributed by atoms with van der Waals surface area (Å²) in [6.07, 6.45) is 0.692. The fourth-order valence-corrected chi connectivity index (χ4v) is 4.69. The number of benzene rings is 1. The first-order valence-corrected chi connectivity index (χ1v) is 12.1. The zero-order chi connectivity index (χ0) is 27.0. The molecule has 1 fully saturated rings. The number of carbonyl (C=O) groups excluding carboxylic acids is 1. The fourth-order valence-electron chi connectivity index (χ4n) is 4.69. The van der Waals surface area contributed by atoms with E-state index in [4.69, 9.17) is 0 Å². The van der Waals surface area contributed by atoms with Gasteiger partial charge in [0.1, 0.15) is 17.8 Å². The zero-order valence-corrected chi connectivity index (χ0v) is 20.5. The smallest absolute Gasteiger partial charge is 0.264 e. The molecule has 1 N–H and O–H groups in total. The Morgan fingerprint density at radius 3 is 2.50 bits per heavy atom. The predicted molar refractivity (Wildman–Crippen MR) is 130 cm³/mol. The summed E-state index contributed by atoms with van der Waals surface area (Å²) >= 11 is 0. The molecule has 200 valence electrons. The van der Waals surface area contributed by atoms with Crippen LogP contribution in [0.25, 0.3) is 16.7 Å². The van der Waals surface area contributed by atoms with E-state index in [1.165, 1.54) is 22.0 Å². The lowest BCUT2D eigenvalue weighted by atomic mass is 9.91. The van der Waals surface area contributed by atoms with Gasteiger partial charge in [-0.2, -0.15) is 9.49 Å². The van der Waals surface area contributed by atoms with Gasteiger partial charge in [-0.15, -0.1) is 5.10 Å². The van der Waals surface area contributed by atoms with Crippen molar-refractivity contribution in [2.24, 2.45) is 0 Å². The number of aromatic nitrogens is 6. The monoisotopic (exact) mass is 529 g/mol. The molecule has 1 aliphatic rings. The van der Waals surface area contributed by atoms with E-state index in [0.29, 0.717) is 11.0 Å². The van der Waals surface area contributed by atoms with E-state index in [9.17, 15) is 27.9 Å². The first-order valence-electron chi connectivity index (χ1n) is 12.1. The van der Waals surface area contributed by atoms with Crippen LogP contribution in [0.3, 0.4) is 0 Å². The van der Waals surface area contributed by atoms with E-state index in [2.05, 4.69) is 15.2 Å².